The van der Waals surface area contributed by atoms with Crippen molar-refractivity contribution < 1.29 is 22.7 Å². The molecule has 19 heavy (non-hydrogen) atoms. The molecule has 0 spiro atoms. The summed E-state index contributed by atoms with van der Waals surface area (Å²) in [6.07, 6.45) is -2.57. The van der Waals surface area contributed by atoms with E-state index in [2.05, 4.69) is 10.6 Å². The van der Waals surface area contributed by atoms with Crippen molar-refractivity contribution in [1.29, 1.82) is 0 Å². The van der Waals surface area contributed by atoms with Crippen LogP contribution in [0.5, 0.6) is 0 Å². The minimum absolute atomic E-state index is 0.265. The van der Waals surface area contributed by atoms with E-state index >= 15 is 0 Å². The van der Waals surface area contributed by atoms with Gasteiger partial charge in [0.25, 0.3) is 5.91 Å². The summed E-state index contributed by atoms with van der Waals surface area (Å²) in [5, 5.41) is 5.07. The number of alkyl halides is 3. The van der Waals surface area contributed by atoms with Crippen molar-refractivity contribution in [2.75, 3.05) is 19.7 Å². The number of rotatable bonds is 3. The molecule has 0 aromatic heterocycles. The first-order valence-corrected chi connectivity index (χ1v) is 6.68. The number of ether oxygens (including phenoxy) is 1. The van der Waals surface area contributed by atoms with Gasteiger partial charge in [0, 0.05) is 13.1 Å². The number of hydrogen-bond acceptors (Lipinski definition) is 3. The first-order chi connectivity index (χ1) is 8.98. The molecule has 2 unspecified atom stereocenters. The summed E-state index contributed by atoms with van der Waals surface area (Å²) in [6, 6.07) is -1.74. The van der Waals surface area contributed by atoms with Crippen LogP contribution >= 0.6 is 0 Å². The SMILES string of the molecule is O=C(NC(C1CCCC1)C(F)(F)F)C1CNCCO1. The number of carbonyl (C=O) groups excluding carboxylic acids is 1. The van der Waals surface area contributed by atoms with Gasteiger partial charge in [0.2, 0.25) is 0 Å². The summed E-state index contributed by atoms with van der Waals surface area (Å²) in [5.74, 6) is -1.16. The molecule has 0 bridgehead atoms. The van der Waals surface area contributed by atoms with Crippen LogP contribution in [-0.4, -0.2) is 43.9 Å². The lowest BCUT2D eigenvalue weighted by atomic mass is 9.97. The number of nitrogens with one attached hydrogen (secondary N) is 2. The van der Waals surface area contributed by atoms with Gasteiger partial charge in [-0.3, -0.25) is 4.79 Å². The lowest BCUT2D eigenvalue weighted by Crippen LogP contribution is -2.55. The molecule has 2 aliphatic rings. The normalized spacial score (nSPS) is 27.2. The van der Waals surface area contributed by atoms with Crippen molar-refractivity contribution >= 4 is 5.91 Å². The van der Waals surface area contributed by atoms with E-state index in [4.69, 9.17) is 4.74 Å². The molecule has 4 nitrogen and oxygen atoms in total. The molecule has 2 atom stereocenters. The van der Waals surface area contributed by atoms with Crippen LogP contribution < -0.4 is 10.6 Å². The maximum absolute atomic E-state index is 13.0. The van der Waals surface area contributed by atoms with Crippen molar-refractivity contribution in [2.24, 2.45) is 5.92 Å². The van der Waals surface area contributed by atoms with Crippen molar-refractivity contribution in [1.82, 2.24) is 10.6 Å². The van der Waals surface area contributed by atoms with E-state index in [1.54, 1.807) is 0 Å². The Morgan fingerprint density at radius 2 is 2.00 bits per heavy atom. The molecule has 0 aromatic carbocycles. The molecule has 0 radical (unpaired) electrons. The zero-order valence-corrected chi connectivity index (χ0v) is 10.6. The molecular formula is C12H19F3N2O2. The quantitative estimate of drug-likeness (QED) is 0.817. The number of morpholine rings is 1. The van der Waals surface area contributed by atoms with E-state index in [9.17, 15) is 18.0 Å². The summed E-state index contributed by atoms with van der Waals surface area (Å²) in [7, 11) is 0. The van der Waals surface area contributed by atoms with E-state index in [0.717, 1.165) is 12.8 Å². The van der Waals surface area contributed by atoms with Crippen molar-refractivity contribution in [3.8, 4) is 0 Å². The maximum Gasteiger partial charge on any atom is 0.408 e. The molecule has 1 aliphatic carbocycles. The predicted molar refractivity (Wildman–Crippen MR) is 62.6 cm³/mol. The summed E-state index contributed by atoms with van der Waals surface area (Å²) in [4.78, 5) is 11.8. The number of carbonyl (C=O) groups is 1. The van der Waals surface area contributed by atoms with Gasteiger partial charge in [-0.2, -0.15) is 13.2 Å². The number of amides is 1. The molecule has 1 saturated heterocycles. The Balaban J connectivity index is 1.96. The van der Waals surface area contributed by atoms with E-state index < -0.39 is 30.1 Å². The maximum atomic E-state index is 13.0. The zero-order valence-electron chi connectivity index (χ0n) is 10.6. The van der Waals surface area contributed by atoms with Gasteiger partial charge in [0.1, 0.15) is 12.1 Å². The first-order valence-electron chi connectivity index (χ1n) is 6.68. The fraction of sp³-hybridized carbons (Fsp3) is 0.917. The third kappa shape index (κ3) is 3.82. The van der Waals surface area contributed by atoms with Crippen LogP contribution in [0.3, 0.4) is 0 Å². The minimum Gasteiger partial charge on any atom is -0.366 e. The van der Waals surface area contributed by atoms with Gasteiger partial charge in [-0.05, 0) is 18.8 Å². The number of hydrogen-bond donors (Lipinski definition) is 2. The summed E-state index contributed by atoms with van der Waals surface area (Å²) in [5.41, 5.74) is 0. The first kappa shape index (κ1) is 14.6. The average molecular weight is 280 g/mol. The molecule has 7 heteroatoms. The van der Waals surface area contributed by atoms with Gasteiger partial charge in [-0.15, -0.1) is 0 Å². The van der Waals surface area contributed by atoms with Gasteiger partial charge < -0.3 is 15.4 Å². The highest BCUT2D eigenvalue weighted by molar-refractivity contribution is 5.81. The van der Waals surface area contributed by atoms with Crippen LogP contribution in [0.4, 0.5) is 13.2 Å². The Bertz CT molecular complexity index is 311. The molecule has 1 amide bonds. The topological polar surface area (TPSA) is 50.4 Å². The van der Waals surface area contributed by atoms with E-state index in [-0.39, 0.29) is 6.54 Å². The zero-order chi connectivity index (χ0) is 13.9. The minimum atomic E-state index is -4.40. The standard InChI is InChI=1S/C12H19F3N2O2/c13-12(14,15)10(8-3-1-2-4-8)17-11(18)9-7-16-5-6-19-9/h8-10,16H,1-7H2,(H,17,18). The fourth-order valence-electron chi connectivity index (χ4n) is 2.74. The van der Waals surface area contributed by atoms with Gasteiger partial charge in [-0.25, -0.2) is 0 Å². The van der Waals surface area contributed by atoms with E-state index in [0.29, 0.717) is 26.0 Å². The summed E-state index contributed by atoms with van der Waals surface area (Å²) >= 11 is 0. The lowest BCUT2D eigenvalue weighted by molar-refractivity contribution is -0.175. The Labute approximate surface area is 110 Å². The highest BCUT2D eigenvalue weighted by Crippen LogP contribution is 2.35. The number of halogens is 3. The average Bonchev–Trinajstić information content (AvgIpc) is 2.88. The van der Waals surface area contributed by atoms with Crippen LogP contribution in [0.15, 0.2) is 0 Å². The molecule has 0 aromatic rings. The van der Waals surface area contributed by atoms with E-state index in [1.165, 1.54) is 0 Å². The molecule has 1 aliphatic heterocycles. The molecule has 2 rings (SSSR count). The largest absolute Gasteiger partial charge is 0.408 e. The van der Waals surface area contributed by atoms with Crippen molar-refractivity contribution in [2.45, 2.75) is 44.0 Å². The van der Waals surface area contributed by atoms with Crippen molar-refractivity contribution in [3.05, 3.63) is 0 Å². The van der Waals surface area contributed by atoms with Gasteiger partial charge in [-0.1, -0.05) is 12.8 Å². The third-order valence-electron chi connectivity index (χ3n) is 3.74. The molecule has 2 N–H and O–H groups in total. The smallest absolute Gasteiger partial charge is 0.366 e. The second kappa shape index (κ2) is 6.09. The van der Waals surface area contributed by atoms with Crippen LogP contribution in [0.1, 0.15) is 25.7 Å². The Morgan fingerprint density at radius 3 is 2.53 bits per heavy atom. The molecule has 110 valence electrons. The Morgan fingerprint density at radius 1 is 1.32 bits per heavy atom. The van der Waals surface area contributed by atoms with Crippen LogP contribution in [0.2, 0.25) is 0 Å². The van der Waals surface area contributed by atoms with Gasteiger partial charge in [0.05, 0.1) is 6.61 Å². The van der Waals surface area contributed by atoms with Gasteiger partial charge in [0.15, 0.2) is 0 Å². The molecular weight excluding hydrogens is 261 g/mol. The fourth-order valence-corrected chi connectivity index (χ4v) is 2.74. The lowest BCUT2D eigenvalue weighted by Gasteiger charge is -2.30. The van der Waals surface area contributed by atoms with Crippen LogP contribution in [0, 0.1) is 5.92 Å². The highest BCUT2D eigenvalue weighted by Gasteiger charge is 2.46. The monoisotopic (exact) mass is 280 g/mol. The third-order valence-corrected chi connectivity index (χ3v) is 3.74. The van der Waals surface area contributed by atoms with Gasteiger partial charge >= 0.3 is 6.18 Å². The van der Waals surface area contributed by atoms with Crippen LogP contribution in [0.25, 0.3) is 0 Å². The summed E-state index contributed by atoms with van der Waals surface area (Å²) < 4.78 is 44.3. The highest BCUT2D eigenvalue weighted by atomic mass is 19.4. The summed E-state index contributed by atoms with van der Waals surface area (Å²) in [6.45, 7) is 1.23. The van der Waals surface area contributed by atoms with Crippen LogP contribution in [-0.2, 0) is 9.53 Å². The Hall–Kier alpha value is -0.820. The molecule has 1 heterocycles. The molecule has 2 fully saturated rings. The second-order valence-corrected chi connectivity index (χ2v) is 5.14. The molecule has 1 saturated carbocycles. The van der Waals surface area contributed by atoms with Crippen molar-refractivity contribution in [3.63, 3.8) is 0 Å². The predicted octanol–water partition coefficient (Wildman–Crippen LogP) is 1.21. The Kier molecular flexibility index (Phi) is 4.67. The van der Waals surface area contributed by atoms with E-state index in [1.807, 2.05) is 0 Å². The second-order valence-electron chi connectivity index (χ2n) is 5.14.